The molecule has 0 bridgehead atoms. The Hall–Kier alpha value is -2.68. The third kappa shape index (κ3) is 4.37. The lowest BCUT2D eigenvalue weighted by Crippen LogP contribution is -2.51. The largest absolute Gasteiger partial charge is 0.395 e. The minimum atomic E-state index is -0.273. The molecule has 0 spiro atoms. The fourth-order valence-corrected chi connectivity index (χ4v) is 5.29. The number of aromatic nitrogens is 3. The average molecular weight is 466 g/mol. The summed E-state index contributed by atoms with van der Waals surface area (Å²) in [4.78, 5) is 20.7. The molecule has 1 atom stereocenters. The molecule has 0 saturated carbocycles. The Bertz CT molecular complexity index is 1170. The lowest BCUT2D eigenvalue weighted by atomic mass is 9.76. The zero-order valence-electron chi connectivity index (χ0n) is 20.4. The van der Waals surface area contributed by atoms with Crippen LogP contribution < -0.4 is 4.90 Å². The van der Waals surface area contributed by atoms with Crippen molar-refractivity contribution in [1.82, 2.24) is 20.1 Å². The van der Waals surface area contributed by atoms with E-state index in [0.29, 0.717) is 18.6 Å². The summed E-state index contributed by atoms with van der Waals surface area (Å²) in [6.07, 6.45) is 3.18. The maximum absolute atomic E-state index is 13.4. The van der Waals surface area contributed by atoms with Gasteiger partial charge in [-0.3, -0.25) is 14.8 Å². The van der Waals surface area contributed by atoms with Gasteiger partial charge < -0.3 is 19.7 Å². The minimum Gasteiger partial charge on any atom is -0.395 e. The van der Waals surface area contributed by atoms with Crippen LogP contribution in [0, 0.1) is 5.41 Å². The normalized spacial score (nSPS) is 19.2. The monoisotopic (exact) mass is 465 g/mol. The molecule has 0 unspecified atom stereocenters. The highest BCUT2D eigenvalue weighted by Gasteiger charge is 2.30. The number of aliphatic hydroxyl groups excluding tert-OH is 1. The van der Waals surface area contributed by atoms with Gasteiger partial charge in [0.25, 0.3) is 0 Å². The fraction of sp³-hybridized carbons (Fsp3) is 0.538. The smallest absolute Gasteiger partial charge is 0.244 e. The number of aliphatic hydroxyl groups is 1. The molecule has 2 aliphatic rings. The molecule has 1 aromatic carbocycles. The van der Waals surface area contributed by atoms with E-state index in [9.17, 15) is 9.90 Å². The van der Waals surface area contributed by atoms with Gasteiger partial charge in [0.1, 0.15) is 5.69 Å². The van der Waals surface area contributed by atoms with Crippen molar-refractivity contribution >= 4 is 22.5 Å². The van der Waals surface area contributed by atoms with Crippen molar-refractivity contribution in [3.05, 3.63) is 35.5 Å². The Morgan fingerprint density at radius 1 is 1.29 bits per heavy atom. The van der Waals surface area contributed by atoms with Crippen LogP contribution in [-0.4, -0.2) is 76.6 Å². The number of nitrogens with zero attached hydrogens (tertiary/aromatic N) is 3. The third-order valence-corrected chi connectivity index (χ3v) is 7.37. The number of morpholine rings is 1. The molecule has 0 radical (unpaired) electrons. The first-order chi connectivity index (χ1) is 16.4. The number of amides is 1. The van der Waals surface area contributed by atoms with Crippen LogP contribution in [0.5, 0.6) is 0 Å². The zero-order chi connectivity index (χ0) is 23.9. The molecule has 1 saturated heterocycles. The summed E-state index contributed by atoms with van der Waals surface area (Å²) >= 11 is 0. The molecule has 8 nitrogen and oxygen atoms in total. The minimum absolute atomic E-state index is 0.00827. The third-order valence-electron chi connectivity index (χ3n) is 7.37. The van der Waals surface area contributed by atoms with Gasteiger partial charge in [-0.15, -0.1) is 0 Å². The van der Waals surface area contributed by atoms with Gasteiger partial charge in [-0.1, -0.05) is 19.9 Å². The topological polar surface area (TPSA) is 97.5 Å². The van der Waals surface area contributed by atoms with Crippen LogP contribution in [0.1, 0.15) is 38.4 Å². The average Bonchev–Trinajstić information content (AvgIpc) is 3.44. The highest BCUT2D eigenvalue weighted by Crippen LogP contribution is 2.38. The number of carbonyl (C=O) groups excluding carboxylic acids is 1. The summed E-state index contributed by atoms with van der Waals surface area (Å²) in [5.74, 6) is -0.00827. The van der Waals surface area contributed by atoms with E-state index in [0.717, 1.165) is 60.3 Å². The predicted molar refractivity (Wildman–Crippen MR) is 133 cm³/mol. The second-order valence-electron chi connectivity index (χ2n) is 10.4. The molecule has 3 N–H and O–H groups in total. The van der Waals surface area contributed by atoms with Crippen molar-refractivity contribution in [2.24, 2.45) is 5.41 Å². The zero-order valence-corrected chi connectivity index (χ0v) is 20.4. The highest BCUT2D eigenvalue weighted by molar-refractivity contribution is 5.99. The van der Waals surface area contributed by atoms with E-state index in [1.54, 1.807) is 4.90 Å². The Morgan fingerprint density at radius 3 is 2.85 bits per heavy atom. The van der Waals surface area contributed by atoms with Gasteiger partial charge >= 0.3 is 0 Å². The molecular formula is C26H35N5O3. The number of aromatic amines is 2. The number of ether oxygens (including phenoxy) is 1. The van der Waals surface area contributed by atoms with Crippen LogP contribution in [0.25, 0.3) is 22.3 Å². The molecule has 182 valence electrons. The standard InChI is InChI=1S/C26H35N5O3/c1-17(30-9-12-34-13-10-30)25(33)31(8-11-32)19-5-4-18-14-22(27-21(18)15-19)24-20-6-7-26(2,3)16-23(20)28-29-24/h4-5,14-15,17,27,32H,6-13,16H2,1-3H3,(H,28,29)/t17-/m0/s1. The number of anilines is 1. The lowest BCUT2D eigenvalue weighted by molar-refractivity contribution is -0.125. The van der Waals surface area contributed by atoms with E-state index in [2.05, 4.69) is 40.0 Å². The van der Waals surface area contributed by atoms with Crippen molar-refractivity contribution in [1.29, 1.82) is 0 Å². The van der Waals surface area contributed by atoms with Crippen molar-refractivity contribution in [2.75, 3.05) is 44.4 Å². The molecule has 1 fully saturated rings. The Kier molecular flexibility index (Phi) is 6.22. The fourth-order valence-electron chi connectivity index (χ4n) is 5.29. The molecule has 34 heavy (non-hydrogen) atoms. The van der Waals surface area contributed by atoms with Gasteiger partial charge in [0.05, 0.1) is 31.6 Å². The molecule has 3 heterocycles. The van der Waals surface area contributed by atoms with Gasteiger partial charge in [-0.05, 0) is 49.8 Å². The maximum Gasteiger partial charge on any atom is 0.244 e. The maximum atomic E-state index is 13.4. The second kappa shape index (κ2) is 9.17. The molecule has 1 aliphatic heterocycles. The number of nitrogens with one attached hydrogen (secondary N) is 2. The predicted octanol–water partition coefficient (Wildman–Crippen LogP) is 3.12. The number of rotatable bonds is 6. The second-order valence-corrected chi connectivity index (χ2v) is 10.4. The summed E-state index contributed by atoms with van der Waals surface area (Å²) in [7, 11) is 0. The first-order valence-electron chi connectivity index (χ1n) is 12.3. The van der Waals surface area contributed by atoms with Crippen LogP contribution in [0.4, 0.5) is 5.69 Å². The van der Waals surface area contributed by atoms with Crippen LogP contribution in [0.15, 0.2) is 24.3 Å². The summed E-state index contributed by atoms with van der Waals surface area (Å²) in [5.41, 5.74) is 6.57. The number of carbonyl (C=O) groups is 1. The summed E-state index contributed by atoms with van der Waals surface area (Å²) in [6.45, 7) is 9.48. The van der Waals surface area contributed by atoms with E-state index < -0.39 is 0 Å². The molecule has 5 rings (SSSR count). The Balaban J connectivity index is 1.42. The van der Waals surface area contributed by atoms with E-state index in [4.69, 9.17) is 4.74 Å². The van der Waals surface area contributed by atoms with E-state index in [1.165, 1.54) is 11.3 Å². The van der Waals surface area contributed by atoms with E-state index >= 15 is 0 Å². The lowest BCUT2D eigenvalue weighted by Gasteiger charge is -2.34. The number of fused-ring (bicyclic) bond motifs is 2. The first kappa shape index (κ1) is 23.1. The Labute approximate surface area is 200 Å². The highest BCUT2D eigenvalue weighted by atomic mass is 16.5. The molecule has 3 aromatic rings. The summed E-state index contributed by atoms with van der Waals surface area (Å²) in [6, 6.07) is 7.85. The number of hydrogen-bond donors (Lipinski definition) is 3. The van der Waals surface area contributed by atoms with Crippen molar-refractivity contribution in [3.8, 4) is 11.4 Å². The Morgan fingerprint density at radius 2 is 2.09 bits per heavy atom. The number of hydrogen-bond acceptors (Lipinski definition) is 5. The van der Waals surface area contributed by atoms with Crippen molar-refractivity contribution in [2.45, 2.75) is 46.1 Å². The molecule has 8 heteroatoms. The van der Waals surface area contributed by atoms with Crippen molar-refractivity contribution in [3.63, 3.8) is 0 Å². The van der Waals surface area contributed by atoms with Gasteiger partial charge in [-0.25, -0.2) is 0 Å². The molecule has 1 amide bonds. The van der Waals surface area contributed by atoms with E-state index in [-0.39, 0.29) is 25.1 Å². The van der Waals surface area contributed by atoms with Gasteiger partial charge in [-0.2, -0.15) is 5.10 Å². The first-order valence-corrected chi connectivity index (χ1v) is 12.3. The van der Waals surface area contributed by atoms with Crippen LogP contribution in [0.3, 0.4) is 0 Å². The van der Waals surface area contributed by atoms with Crippen LogP contribution >= 0.6 is 0 Å². The molecular weight excluding hydrogens is 430 g/mol. The van der Waals surface area contributed by atoms with Crippen LogP contribution in [0.2, 0.25) is 0 Å². The summed E-state index contributed by atoms with van der Waals surface area (Å²) in [5, 5.41) is 18.7. The van der Waals surface area contributed by atoms with Gasteiger partial charge in [0.2, 0.25) is 5.91 Å². The molecule has 1 aliphatic carbocycles. The SMILES string of the molecule is C[C@@H](C(=O)N(CCO)c1ccc2cc(-c3n[nH]c4c3CCC(C)(C)C4)[nH]c2c1)N1CCOCC1. The molecule has 2 aromatic heterocycles. The van der Waals surface area contributed by atoms with Crippen LogP contribution in [-0.2, 0) is 22.4 Å². The quantitative estimate of drug-likeness (QED) is 0.520. The van der Waals surface area contributed by atoms with Gasteiger partial charge in [0, 0.05) is 47.5 Å². The summed E-state index contributed by atoms with van der Waals surface area (Å²) < 4.78 is 5.43. The number of benzene rings is 1. The van der Waals surface area contributed by atoms with Gasteiger partial charge in [0.15, 0.2) is 0 Å². The van der Waals surface area contributed by atoms with E-state index in [1.807, 2.05) is 25.1 Å². The number of H-pyrrole nitrogens is 2. The van der Waals surface area contributed by atoms with Crippen molar-refractivity contribution < 1.29 is 14.6 Å².